The van der Waals surface area contributed by atoms with Gasteiger partial charge in [0.2, 0.25) is 0 Å². The van der Waals surface area contributed by atoms with Gasteiger partial charge in [-0.25, -0.2) is 4.79 Å². The summed E-state index contributed by atoms with van der Waals surface area (Å²) < 4.78 is 4.46. The predicted molar refractivity (Wildman–Crippen MR) is 38.5 cm³/mol. The molecule has 0 aliphatic carbocycles. The number of rotatable bonds is 5. The molecule has 14 heavy (non-hydrogen) atoms. The third kappa shape index (κ3) is 5.95. The van der Waals surface area contributed by atoms with Gasteiger partial charge in [-0.3, -0.25) is 4.79 Å². The number of carboxylic acids is 1. The van der Waals surface area contributed by atoms with Crippen LogP contribution in [0.2, 0.25) is 0 Å². The lowest BCUT2D eigenvalue weighted by Gasteiger charge is -2.15. The van der Waals surface area contributed by atoms with Crippen molar-refractivity contribution in [1.29, 1.82) is 0 Å². The van der Waals surface area contributed by atoms with Gasteiger partial charge in [0.1, 0.15) is 6.10 Å². The molecule has 0 saturated heterocycles. The highest BCUT2D eigenvalue weighted by Crippen LogP contribution is 2.05. The molecule has 0 rings (SSSR count). The molecule has 0 radical (unpaired) electrons. The normalized spacial score (nSPS) is 11.6. The quantitative estimate of drug-likeness (QED) is 0.329. The maximum absolute atomic E-state index is 10.5. The Morgan fingerprint density at radius 3 is 2.29 bits per heavy atom. The van der Waals surface area contributed by atoms with Crippen molar-refractivity contribution in [2.75, 3.05) is 0 Å². The maximum Gasteiger partial charge on any atom is 0.345 e. The van der Waals surface area contributed by atoms with Crippen molar-refractivity contribution in [3.63, 3.8) is 0 Å². The van der Waals surface area contributed by atoms with E-state index in [0.717, 1.165) is 6.92 Å². The fourth-order valence-corrected chi connectivity index (χ4v) is 0.799. The molecule has 7 heteroatoms. The Hall–Kier alpha value is -1.63. The van der Waals surface area contributed by atoms with Crippen LogP contribution >= 0.6 is 0 Å². The molecule has 0 saturated carbocycles. The number of ether oxygens (including phenoxy) is 1. The molecule has 0 bridgehead atoms. The van der Waals surface area contributed by atoms with Crippen LogP contribution in [0.4, 0.5) is 0 Å². The molecule has 7 nitrogen and oxygen atoms in total. The van der Waals surface area contributed by atoms with Crippen molar-refractivity contribution in [3.8, 4) is 0 Å². The summed E-state index contributed by atoms with van der Waals surface area (Å²) in [5, 5.41) is 18.0. The average Bonchev–Trinajstić information content (AvgIpc) is 2.01. The third-order valence-corrected chi connectivity index (χ3v) is 1.22. The van der Waals surface area contributed by atoms with Crippen molar-refractivity contribution in [1.82, 2.24) is 0 Å². The summed E-state index contributed by atoms with van der Waals surface area (Å²) in [5.41, 5.74) is 0. The molecule has 1 N–H and O–H groups in total. The van der Waals surface area contributed by atoms with E-state index in [1.807, 2.05) is 0 Å². The molecule has 1 unspecified atom stereocenters. The second kappa shape index (κ2) is 5.92. The van der Waals surface area contributed by atoms with Gasteiger partial charge in [-0.1, -0.05) is 0 Å². The Morgan fingerprint density at radius 2 is 1.93 bits per heavy atom. The topological polar surface area (TPSA) is 113 Å². The molecule has 0 aromatic heterocycles. The lowest BCUT2D eigenvalue weighted by molar-refractivity contribution is -0.307. The Morgan fingerprint density at radius 1 is 1.36 bits per heavy atom. The summed E-state index contributed by atoms with van der Waals surface area (Å²) in [4.78, 5) is 34.4. The summed E-state index contributed by atoms with van der Waals surface area (Å²) in [7, 11) is 0. The highest BCUT2D eigenvalue weighted by Gasteiger charge is 2.18. The fourth-order valence-electron chi connectivity index (χ4n) is 0.799. The molecular formula is C7H9O7-. The van der Waals surface area contributed by atoms with Gasteiger partial charge in [0.15, 0.2) is 0 Å². The molecule has 0 spiro atoms. The number of hydrogen-bond acceptors (Lipinski definition) is 7. The number of aliphatic carboxylic acids is 1. The van der Waals surface area contributed by atoms with Crippen molar-refractivity contribution < 1.29 is 34.4 Å². The van der Waals surface area contributed by atoms with Gasteiger partial charge in [-0.2, -0.15) is 5.26 Å². The lowest BCUT2D eigenvalue weighted by atomic mass is 10.2. The van der Waals surface area contributed by atoms with Crippen LogP contribution in [-0.2, 0) is 24.0 Å². The van der Waals surface area contributed by atoms with Crippen molar-refractivity contribution in [2.24, 2.45) is 0 Å². The van der Waals surface area contributed by atoms with Gasteiger partial charge in [0.05, 0.1) is 6.42 Å². The molecule has 0 heterocycles. The molecule has 80 valence electrons. The van der Waals surface area contributed by atoms with Gasteiger partial charge in [-0.05, 0) is 0 Å². The van der Waals surface area contributed by atoms with Gasteiger partial charge in [0.25, 0.3) is 0 Å². The van der Waals surface area contributed by atoms with E-state index in [4.69, 9.17) is 5.26 Å². The van der Waals surface area contributed by atoms with Gasteiger partial charge in [0, 0.05) is 19.3 Å². The molecule has 0 amide bonds. The summed E-state index contributed by atoms with van der Waals surface area (Å²) in [6, 6.07) is 0. The first-order valence-electron chi connectivity index (χ1n) is 3.67. The first-order valence-corrected chi connectivity index (χ1v) is 3.67. The van der Waals surface area contributed by atoms with E-state index in [1.165, 1.54) is 0 Å². The molecule has 1 atom stereocenters. The Balaban J connectivity index is 4.16. The van der Waals surface area contributed by atoms with Crippen LogP contribution in [0.25, 0.3) is 0 Å². The van der Waals surface area contributed by atoms with E-state index < -0.39 is 36.9 Å². The van der Waals surface area contributed by atoms with E-state index in [-0.39, 0.29) is 0 Å². The Kier molecular flexibility index (Phi) is 5.23. The Bertz CT molecular complexity index is 218. The number of esters is 1. The van der Waals surface area contributed by atoms with Crippen LogP contribution in [-0.4, -0.2) is 29.3 Å². The maximum atomic E-state index is 10.5. The highest BCUT2D eigenvalue weighted by molar-refractivity contribution is 5.73. The number of carboxylic acid groups (broad SMARTS) is 1. The SMILES string of the molecule is CC(=O)OC(CC(=O)[O-])CC(=O)OO. The lowest BCUT2D eigenvalue weighted by Crippen LogP contribution is -2.31. The standard InChI is InChI=1S/C7H10O7/c1-4(8)13-5(2-6(9)10)3-7(11)14-12/h5,12H,2-3H2,1H3,(H,9,10)/p-1. The van der Waals surface area contributed by atoms with Crippen LogP contribution in [0, 0.1) is 0 Å². The van der Waals surface area contributed by atoms with Crippen LogP contribution in [0.3, 0.4) is 0 Å². The van der Waals surface area contributed by atoms with Crippen LogP contribution in [0.15, 0.2) is 0 Å². The molecule has 0 aromatic rings. The molecule has 0 aliphatic rings. The van der Waals surface area contributed by atoms with E-state index in [1.54, 1.807) is 0 Å². The highest BCUT2D eigenvalue weighted by atomic mass is 17.1. The predicted octanol–water partition coefficient (Wildman–Crippen LogP) is -1.54. The average molecular weight is 205 g/mol. The second-order valence-electron chi connectivity index (χ2n) is 2.47. The summed E-state index contributed by atoms with van der Waals surface area (Å²) in [5.74, 6) is -3.29. The summed E-state index contributed by atoms with van der Waals surface area (Å²) in [6.07, 6.45) is -2.35. The molecule has 0 aromatic carbocycles. The minimum atomic E-state index is -1.47. The van der Waals surface area contributed by atoms with Crippen LogP contribution in [0.1, 0.15) is 19.8 Å². The van der Waals surface area contributed by atoms with E-state index >= 15 is 0 Å². The van der Waals surface area contributed by atoms with Crippen molar-refractivity contribution in [2.45, 2.75) is 25.9 Å². The van der Waals surface area contributed by atoms with Gasteiger partial charge < -0.3 is 19.5 Å². The zero-order valence-corrected chi connectivity index (χ0v) is 7.39. The zero-order chi connectivity index (χ0) is 11.1. The first kappa shape index (κ1) is 12.4. The van der Waals surface area contributed by atoms with E-state index in [0.29, 0.717) is 0 Å². The van der Waals surface area contributed by atoms with Gasteiger partial charge >= 0.3 is 11.9 Å². The smallest absolute Gasteiger partial charge is 0.345 e. The summed E-state index contributed by atoms with van der Waals surface area (Å²) >= 11 is 0. The zero-order valence-electron chi connectivity index (χ0n) is 7.39. The van der Waals surface area contributed by atoms with E-state index in [9.17, 15) is 19.5 Å². The van der Waals surface area contributed by atoms with Crippen LogP contribution in [0.5, 0.6) is 0 Å². The Labute approximate surface area is 79.2 Å². The first-order chi connectivity index (χ1) is 6.45. The second-order valence-corrected chi connectivity index (χ2v) is 2.47. The third-order valence-electron chi connectivity index (χ3n) is 1.22. The number of carbonyl (C=O) groups excluding carboxylic acids is 3. The monoisotopic (exact) mass is 205 g/mol. The summed E-state index contributed by atoms with van der Waals surface area (Å²) in [6.45, 7) is 1.06. The van der Waals surface area contributed by atoms with Gasteiger partial charge in [-0.15, -0.1) is 0 Å². The minimum Gasteiger partial charge on any atom is -0.550 e. The fraction of sp³-hybridized carbons (Fsp3) is 0.571. The minimum absolute atomic E-state index is 0.538. The van der Waals surface area contributed by atoms with Crippen molar-refractivity contribution in [3.05, 3.63) is 0 Å². The van der Waals surface area contributed by atoms with Crippen molar-refractivity contribution >= 4 is 17.9 Å². The molecule has 0 aliphatic heterocycles. The number of hydrogen-bond donors (Lipinski definition) is 1. The molecular weight excluding hydrogens is 196 g/mol. The van der Waals surface area contributed by atoms with Crippen LogP contribution < -0.4 is 5.11 Å². The largest absolute Gasteiger partial charge is 0.550 e. The van der Waals surface area contributed by atoms with E-state index in [2.05, 4.69) is 9.62 Å². The molecule has 0 fully saturated rings. The number of carbonyl (C=O) groups is 3.